The van der Waals surface area contributed by atoms with Crippen molar-refractivity contribution < 1.29 is 24.0 Å². The highest BCUT2D eigenvalue weighted by Gasteiger charge is 2.12. The monoisotopic (exact) mass is 368 g/mol. The Morgan fingerprint density at radius 2 is 1.12 bits per heavy atom. The van der Waals surface area contributed by atoms with Gasteiger partial charge in [-0.15, -0.1) is 0 Å². The van der Waals surface area contributed by atoms with Crippen LogP contribution in [0.15, 0.2) is 0 Å². The molecule has 2 N–H and O–H groups in total. The number of hydrogen-bond donors (Lipinski definition) is 2. The van der Waals surface area contributed by atoms with Crippen molar-refractivity contribution in [2.45, 2.75) is 66.2 Å². The second-order valence-corrected chi connectivity index (χ2v) is 7.18. The second-order valence-electron chi connectivity index (χ2n) is 7.18. The van der Waals surface area contributed by atoms with E-state index in [-0.39, 0.29) is 67.9 Å². The molecule has 0 aromatic carbocycles. The van der Waals surface area contributed by atoms with E-state index in [1.54, 1.807) is 13.8 Å². The Balaban J connectivity index is 3.84. The summed E-state index contributed by atoms with van der Waals surface area (Å²) in [6, 6.07) is 0. The first-order chi connectivity index (χ1) is 12.1. The lowest BCUT2D eigenvalue weighted by Crippen LogP contribution is -2.32. The molecule has 0 aromatic heterocycles. The molecule has 0 saturated carbocycles. The summed E-state index contributed by atoms with van der Waals surface area (Å²) in [7, 11) is 0. The fraction of sp³-hybridized carbons (Fsp3) is 0.737. The van der Waals surface area contributed by atoms with Gasteiger partial charge in [0.15, 0.2) is 11.6 Å². The Bertz CT molecular complexity index is 512. The Morgan fingerprint density at radius 3 is 1.58 bits per heavy atom. The molecule has 7 heteroatoms. The van der Waals surface area contributed by atoms with Crippen LogP contribution in [-0.4, -0.2) is 42.3 Å². The predicted molar refractivity (Wildman–Crippen MR) is 98.4 cm³/mol. The standard InChI is InChI=1S/C19H32N2O5/c1-13(2)5-9-18(25)20-12-16(23)7-10-19(26)21-11-15(22)6-8-17(24)14(3)4/h13-14H,5-12H2,1-4H3,(H,20,25)(H,21,26). The van der Waals surface area contributed by atoms with Crippen LogP contribution in [0.2, 0.25) is 0 Å². The predicted octanol–water partition coefficient (Wildman–Crippen LogP) is 1.58. The van der Waals surface area contributed by atoms with Gasteiger partial charge in [0.05, 0.1) is 13.1 Å². The smallest absolute Gasteiger partial charge is 0.220 e. The summed E-state index contributed by atoms with van der Waals surface area (Å²) >= 11 is 0. The number of Topliss-reactive ketones (excluding diaryl/α,β-unsaturated/α-hetero) is 3. The summed E-state index contributed by atoms with van der Waals surface area (Å²) in [5, 5.41) is 4.99. The zero-order valence-corrected chi connectivity index (χ0v) is 16.4. The van der Waals surface area contributed by atoms with Gasteiger partial charge in [0, 0.05) is 38.0 Å². The molecule has 0 atom stereocenters. The van der Waals surface area contributed by atoms with Crippen molar-refractivity contribution in [2.24, 2.45) is 11.8 Å². The molecular weight excluding hydrogens is 336 g/mol. The minimum Gasteiger partial charge on any atom is -0.349 e. The largest absolute Gasteiger partial charge is 0.349 e. The van der Waals surface area contributed by atoms with Gasteiger partial charge in [-0.25, -0.2) is 0 Å². The normalized spacial score (nSPS) is 10.7. The van der Waals surface area contributed by atoms with E-state index in [9.17, 15) is 24.0 Å². The molecule has 0 heterocycles. The molecule has 0 aromatic rings. The molecule has 0 fully saturated rings. The summed E-state index contributed by atoms with van der Waals surface area (Å²) in [4.78, 5) is 57.9. The number of amides is 2. The lowest BCUT2D eigenvalue weighted by atomic mass is 10.0. The van der Waals surface area contributed by atoms with E-state index in [1.807, 2.05) is 13.8 Å². The SMILES string of the molecule is CC(C)CCC(=O)NCC(=O)CCC(=O)NCC(=O)CCC(=O)C(C)C. The van der Waals surface area contributed by atoms with Crippen molar-refractivity contribution in [3.05, 3.63) is 0 Å². The first-order valence-electron chi connectivity index (χ1n) is 9.21. The quantitative estimate of drug-likeness (QED) is 0.484. The van der Waals surface area contributed by atoms with Crippen LogP contribution < -0.4 is 10.6 Å². The number of nitrogens with one attached hydrogen (secondary N) is 2. The molecule has 0 unspecified atom stereocenters. The molecule has 7 nitrogen and oxygen atoms in total. The van der Waals surface area contributed by atoms with E-state index >= 15 is 0 Å². The molecule has 0 rings (SSSR count). The third-order valence-electron chi connectivity index (χ3n) is 3.84. The van der Waals surface area contributed by atoms with Crippen LogP contribution in [0.5, 0.6) is 0 Å². The van der Waals surface area contributed by atoms with Gasteiger partial charge in [-0.3, -0.25) is 24.0 Å². The maximum absolute atomic E-state index is 11.7. The average molecular weight is 368 g/mol. The third-order valence-corrected chi connectivity index (χ3v) is 3.84. The van der Waals surface area contributed by atoms with E-state index in [2.05, 4.69) is 10.6 Å². The number of carbonyl (C=O) groups excluding carboxylic acids is 5. The first kappa shape index (κ1) is 23.9. The lowest BCUT2D eigenvalue weighted by molar-refractivity contribution is -0.128. The molecular formula is C19H32N2O5. The zero-order chi connectivity index (χ0) is 20.1. The second kappa shape index (κ2) is 13.2. The fourth-order valence-corrected chi connectivity index (χ4v) is 1.97. The molecule has 0 aliphatic rings. The number of rotatable bonds is 14. The van der Waals surface area contributed by atoms with Gasteiger partial charge in [0.1, 0.15) is 5.78 Å². The van der Waals surface area contributed by atoms with Crippen LogP contribution in [-0.2, 0) is 24.0 Å². The van der Waals surface area contributed by atoms with Crippen LogP contribution in [0.25, 0.3) is 0 Å². The summed E-state index contributed by atoms with van der Waals surface area (Å²) in [6.45, 7) is 7.37. The van der Waals surface area contributed by atoms with Crippen molar-refractivity contribution in [3.8, 4) is 0 Å². The molecule has 26 heavy (non-hydrogen) atoms. The fourth-order valence-electron chi connectivity index (χ4n) is 1.97. The zero-order valence-electron chi connectivity index (χ0n) is 16.4. The average Bonchev–Trinajstić information content (AvgIpc) is 2.58. The highest BCUT2D eigenvalue weighted by molar-refractivity contribution is 5.91. The third kappa shape index (κ3) is 13.3. The van der Waals surface area contributed by atoms with E-state index < -0.39 is 5.91 Å². The summed E-state index contributed by atoms with van der Waals surface area (Å²) in [5.41, 5.74) is 0. The van der Waals surface area contributed by atoms with Crippen molar-refractivity contribution in [1.82, 2.24) is 10.6 Å². The van der Waals surface area contributed by atoms with Crippen LogP contribution in [0, 0.1) is 11.8 Å². The van der Waals surface area contributed by atoms with Gasteiger partial charge in [-0.05, 0) is 12.3 Å². The van der Waals surface area contributed by atoms with Crippen molar-refractivity contribution >= 4 is 29.2 Å². The Labute approximate surface area is 155 Å². The number of hydrogen-bond acceptors (Lipinski definition) is 5. The van der Waals surface area contributed by atoms with Crippen LogP contribution in [0.3, 0.4) is 0 Å². The maximum atomic E-state index is 11.7. The van der Waals surface area contributed by atoms with Crippen molar-refractivity contribution in [1.29, 1.82) is 0 Å². The molecule has 0 saturated heterocycles. The lowest BCUT2D eigenvalue weighted by Gasteiger charge is -2.07. The summed E-state index contributed by atoms with van der Waals surface area (Å²) in [5.74, 6) is -0.666. The van der Waals surface area contributed by atoms with Gasteiger partial charge >= 0.3 is 0 Å². The number of ketones is 3. The minimum atomic E-state index is -0.395. The molecule has 0 bridgehead atoms. The van der Waals surface area contributed by atoms with E-state index in [0.717, 1.165) is 6.42 Å². The first-order valence-corrected chi connectivity index (χ1v) is 9.21. The Kier molecular flexibility index (Phi) is 12.2. The molecule has 0 aliphatic carbocycles. The topological polar surface area (TPSA) is 109 Å². The molecule has 2 amide bonds. The Hall–Kier alpha value is -2.05. The van der Waals surface area contributed by atoms with Gasteiger partial charge < -0.3 is 10.6 Å². The molecule has 0 radical (unpaired) electrons. The summed E-state index contributed by atoms with van der Waals surface area (Å²) < 4.78 is 0. The maximum Gasteiger partial charge on any atom is 0.220 e. The van der Waals surface area contributed by atoms with Gasteiger partial charge in [0.2, 0.25) is 11.8 Å². The van der Waals surface area contributed by atoms with Crippen LogP contribution in [0.1, 0.15) is 66.2 Å². The van der Waals surface area contributed by atoms with E-state index in [4.69, 9.17) is 0 Å². The molecule has 0 spiro atoms. The van der Waals surface area contributed by atoms with Gasteiger partial charge in [0.25, 0.3) is 0 Å². The summed E-state index contributed by atoms with van der Waals surface area (Å²) in [6.07, 6.45) is 1.42. The van der Waals surface area contributed by atoms with Gasteiger partial charge in [-0.2, -0.15) is 0 Å². The highest BCUT2D eigenvalue weighted by atomic mass is 16.2. The molecule has 0 aliphatic heterocycles. The number of carbonyl (C=O) groups is 5. The van der Waals surface area contributed by atoms with E-state index in [0.29, 0.717) is 12.3 Å². The highest BCUT2D eigenvalue weighted by Crippen LogP contribution is 2.03. The van der Waals surface area contributed by atoms with Crippen LogP contribution in [0.4, 0.5) is 0 Å². The van der Waals surface area contributed by atoms with E-state index in [1.165, 1.54) is 0 Å². The van der Waals surface area contributed by atoms with Crippen LogP contribution >= 0.6 is 0 Å². The molecule has 148 valence electrons. The Morgan fingerprint density at radius 1 is 0.654 bits per heavy atom. The van der Waals surface area contributed by atoms with Crippen molar-refractivity contribution in [3.63, 3.8) is 0 Å². The van der Waals surface area contributed by atoms with Crippen molar-refractivity contribution in [2.75, 3.05) is 13.1 Å². The van der Waals surface area contributed by atoms with Gasteiger partial charge in [-0.1, -0.05) is 27.7 Å². The minimum absolute atomic E-state index is 0.0102.